The van der Waals surface area contributed by atoms with Gasteiger partial charge in [0.15, 0.2) is 6.04 Å². The molecule has 1 fully saturated rings. The Morgan fingerprint density at radius 2 is 2.00 bits per heavy atom. The first kappa shape index (κ1) is 9.74. The molecular weight excluding hydrogens is 168 g/mol. The van der Waals surface area contributed by atoms with E-state index in [1.165, 1.54) is 0 Å². The number of carbonyl (C=O) groups is 1. The van der Waals surface area contributed by atoms with Crippen LogP contribution in [0.25, 0.3) is 0 Å². The maximum absolute atomic E-state index is 11.3. The number of urea groups is 1. The second-order valence-corrected chi connectivity index (χ2v) is 3.19. The van der Waals surface area contributed by atoms with Crippen molar-refractivity contribution in [3.05, 3.63) is 0 Å². The van der Waals surface area contributed by atoms with Crippen LogP contribution in [0.4, 0.5) is 4.79 Å². The molecule has 72 valence electrons. The summed E-state index contributed by atoms with van der Waals surface area (Å²) >= 11 is 0. The number of rotatable bonds is 1. The minimum absolute atomic E-state index is 0.0481. The molecule has 0 bridgehead atoms. The molecule has 0 unspecified atom stereocenters. The van der Waals surface area contributed by atoms with Crippen molar-refractivity contribution in [3.8, 4) is 0 Å². The van der Waals surface area contributed by atoms with E-state index in [0.717, 1.165) is 0 Å². The van der Waals surface area contributed by atoms with Gasteiger partial charge in [-0.2, -0.15) is 0 Å². The zero-order valence-electron chi connectivity index (χ0n) is 8.27. The molecule has 0 radical (unpaired) electrons. The normalized spacial score (nSPS) is 18.5. The van der Waals surface area contributed by atoms with E-state index in [4.69, 9.17) is 0 Å². The molecular formula is C8H15N4O+. The lowest BCUT2D eigenvalue weighted by molar-refractivity contribution is -0.0987. The third kappa shape index (κ3) is 2.29. The van der Waals surface area contributed by atoms with Crippen molar-refractivity contribution < 1.29 is 9.58 Å². The van der Waals surface area contributed by atoms with Gasteiger partial charge in [-0.15, -0.1) is 0 Å². The van der Waals surface area contributed by atoms with Gasteiger partial charge in [-0.25, -0.2) is 4.79 Å². The average molecular weight is 183 g/mol. The van der Waals surface area contributed by atoms with Gasteiger partial charge >= 0.3 is 12.2 Å². The molecule has 2 amide bonds. The van der Waals surface area contributed by atoms with E-state index in [2.05, 4.69) is 9.90 Å². The monoisotopic (exact) mass is 183 g/mol. The molecule has 1 heterocycles. The first-order valence-electron chi connectivity index (χ1n) is 4.29. The highest BCUT2D eigenvalue weighted by molar-refractivity contribution is 5.74. The van der Waals surface area contributed by atoms with Crippen LogP contribution in [0.15, 0.2) is 5.11 Å². The van der Waals surface area contributed by atoms with Crippen molar-refractivity contribution in [2.24, 2.45) is 5.11 Å². The highest BCUT2D eigenvalue weighted by Gasteiger charge is 2.29. The van der Waals surface area contributed by atoms with E-state index >= 15 is 0 Å². The van der Waals surface area contributed by atoms with Crippen molar-refractivity contribution in [2.75, 3.05) is 27.2 Å². The quantitative estimate of drug-likeness (QED) is 0.323. The van der Waals surface area contributed by atoms with Crippen molar-refractivity contribution >= 4 is 12.2 Å². The predicted molar refractivity (Wildman–Crippen MR) is 48.9 cm³/mol. The molecule has 0 atom stereocenters. The minimum atomic E-state index is 0.0481. The van der Waals surface area contributed by atoms with Crippen molar-refractivity contribution in [1.29, 1.82) is 0 Å². The van der Waals surface area contributed by atoms with Crippen molar-refractivity contribution in [1.82, 2.24) is 9.80 Å². The van der Waals surface area contributed by atoms with E-state index in [0.29, 0.717) is 13.1 Å². The first-order valence-corrected chi connectivity index (χ1v) is 4.29. The van der Waals surface area contributed by atoms with Crippen LogP contribution < -0.4 is 0 Å². The maximum Gasteiger partial charge on any atom is 0.319 e. The summed E-state index contributed by atoms with van der Waals surface area (Å²) in [6.07, 6.45) is 1.65. The standard InChI is InChI=1S/C8H15N4O/c1-4-9-10-7-5-11(2)8(13)12(3)6-7/h4,7H,5-6H2,1-3H3/q+1. The van der Waals surface area contributed by atoms with Crippen LogP contribution in [0.3, 0.4) is 0 Å². The van der Waals surface area contributed by atoms with Crippen LogP contribution in [0.2, 0.25) is 0 Å². The fourth-order valence-electron chi connectivity index (χ4n) is 1.37. The number of hydrogen-bond donors (Lipinski definition) is 0. The van der Waals surface area contributed by atoms with Crippen molar-refractivity contribution in [2.45, 2.75) is 13.0 Å². The van der Waals surface area contributed by atoms with Crippen LogP contribution in [0.1, 0.15) is 6.92 Å². The van der Waals surface area contributed by atoms with Crippen molar-refractivity contribution in [3.63, 3.8) is 0 Å². The summed E-state index contributed by atoms with van der Waals surface area (Å²) in [6.45, 7) is 3.13. The van der Waals surface area contributed by atoms with Gasteiger partial charge in [0.1, 0.15) is 0 Å². The molecule has 0 spiro atoms. The average Bonchev–Trinajstić information content (AvgIpc) is 2.10. The smallest absolute Gasteiger partial charge is 0.319 e. The summed E-state index contributed by atoms with van der Waals surface area (Å²) < 4.78 is 0. The third-order valence-electron chi connectivity index (χ3n) is 1.97. The summed E-state index contributed by atoms with van der Waals surface area (Å²) in [5, 5.41) is 4.07. The topological polar surface area (TPSA) is 50.0 Å². The Balaban J connectivity index is 2.63. The van der Waals surface area contributed by atoms with Gasteiger partial charge < -0.3 is 9.80 Å². The summed E-state index contributed by atoms with van der Waals surface area (Å²) in [5.41, 5.74) is 0. The molecule has 0 N–H and O–H groups in total. The van der Waals surface area contributed by atoms with Crippen LogP contribution in [0.5, 0.6) is 0 Å². The molecule has 0 aromatic carbocycles. The lowest BCUT2D eigenvalue weighted by Gasteiger charge is -2.31. The van der Waals surface area contributed by atoms with Crippen LogP contribution in [-0.2, 0) is 0 Å². The Morgan fingerprint density at radius 1 is 1.46 bits per heavy atom. The lowest BCUT2D eigenvalue weighted by Crippen LogP contribution is -2.51. The maximum atomic E-state index is 11.3. The number of hydrogen-bond acceptors (Lipinski definition) is 2. The first-order chi connectivity index (χ1) is 6.15. The largest absolute Gasteiger partial charge is 0.325 e. The van der Waals surface area contributed by atoms with Gasteiger partial charge in [0.2, 0.25) is 0 Å². The second-order valence-electron chi connectivity index (χ2n) is 3.19. The Morgan fingerprint density at radius 3 is 2.46 bits per heavy atom. The molecule has 1 rings (SSSR count). The van der Waals surface area contributed by atoms with Crippen LogP contribution >= 0.6 is 0 Å². The summed E-state index contributed by atoms with van der Waals surface area (Å²) in [5.74, 6) is 0. The molecule has 5 nitrogen and oxygen atoms in total. The summed E-state index contributed by atoms with van der Waals surface area (Å²) in [4.78, 5) is 18.5. The Labute approximate surface area is 77.8 Å². The SMILES string of the molecule is CC=[N+]=NC1CN(C)C(=O)N(C)C1. The van der Waals surface area contributed by atoms with E-state index in [1.54, 1.807) is 30.1 Å². The summed E-state index contributed by atoms with van der Waals surface area (Å²) in [7, 11) is 3.55. The molecule has 1 aliphatic rings. The second kappa shape index (κ2) is 4.05. The molecule has 0 saturated carbocycles. The number of likely N-dealkylation sites (N-methyl/N-ethyl adjacent to an activating group) is 2. The zero-order valence-corrected chi connectivity index (χ0v) is 8.27. The number of nitrogens with zero attached hydrogens (tertiary/aromatic N) is 4. The highest BCUT2D eigenvalue weighted by Crippen LogP contribution is 2.07. The lowest BCUT2D eigenvalue weighted by atomic mass is 10.2. The molecule has 0 aromatic rings. The Hall–Kier alpha value is -1.35. The van der Waals surface area contributed by atoms with Crippen LogP contribution in [0, 0.1) is 0 Å². The third-order valence-corrected chi connectivity index (χ3v) is 1.97. The predicted octanol–water partition coefficient (Wildman–Crippen LogP) is 0.103. The molecule has 1 aliphatic heterocycles. The fourth-order valence-corrected chi connectivity index (χ4v) is 1.37. The molecule has 0 aromatic heterocycles. The molecule has 13 heavy (non-hydrogen) atoms. The fraction of sp³-hybridized carbons (Fsp3) is 0.750. The van der Waals surface area contributed by atoms with E-state index in [1.807, 2.05) is 6.92 Å². The molecule has 0 aliphatic carbocycles. The minimum Gasteiger partial charge on any atom is -0.325 e. The van der Waals surface area contributed by atoms with Gasteiger partial charge in [0.25, 0.3) is 0 Å². The number of amides is 2. The van der Waals surface area contributed by atoms with E-state index in [9.17, 15) is 4.79 Å². The van der Waals surface area contributed by atoms with E-state index in [-0.39, 0.29) is 12.1 Å². The van der Waals surface area contributed by atoms with Crippen LogP contribution in [-0.4, -0.2) is 60.1 Å². The highest BCUT2D eigenvalue weighted by atomic mass is 16.2. The van der Waals surface area contributed by atoms with E-state index < -0.39 is 0 Å². The Bertz CT molecular complexity index is 243. The van der Waals surface area contributed by atoms with Gasteiger partial charge in [-0.1, -0.05) is 0 Å². The summed E-state index contributed by atoms with van der Waals surface area (Å²) in [6, 6.07) is 0.149. The molecule has 5 heteroatoms. The van der Waals surface area contributed by atoms with Gasteiger partial charge in [0, 0.05) is 25.8 Å². The van der Waals surface area contributed by atoms with Gasteiger partial charge in [0.05, 0.1) is 18.2 Å². The number of carbonyl (C=O) groups excluding carboxylic acids is 1. The zero-order chi connectivity index (χ0) is 9.84. The van der Waals surface area contributed by atoms with Gasteiger partial charge in [-0.3, -0.25) is 0 Å². The molecule has 1 saturated heterocycles. The Kier molecular flexibility index (Phi) is 3.03. The van der Waals surface area contributed by atoms with Gasteiger partial charge in [-0.05, 0) is 0 Å².